The number of hydrogen-bond acceptors (Lipinski definition) is 8. The summed E-state index contributed by atoms with van der Waals surface area (Å²) in [5.74, 6) is 0.428. The van der Waals surface area contributed by atoms with Crippen LogP contribution in [0.3, 0.4) is 0 Å². The zero-order valence-corrected chi connectivity index (χ0v) is 22.3. The van der Waals surface area contributed by atoms with Crippen molar-refractivity contribution in [3.63, 3.8) is 0 Å². The lowest BCUT2D eigenvalue weighted by Crippen LogP contribution is -2.22. The molecule has 11 nitrogen and oxygen atoms in total. The van der Waals surface area contributed by atoms with Crippen molar-refractivity contribution >= 4 is 60.4 Å². The largest absolute Gasteiger partial charge is 0.481 e. The first-order valence-corrected chi connectivity index (χ1v) is 12.4. The van der Waals surface area contributed by atoms with Gasteiger partial charge in [0, 0.05) is 34.7 Å². The molecule has 13 heteroatoms. The quantitative estimate of drug-likeness (QED) is 0.137. The first kappa shape index (κ1) is 26.1. The van der Waals surface area contributed by atoms with E-state index in [4.69, 9.17) is 4.74 Å². The van der Waals surface area contributed by atoms with E-state index in [1.165, 1.54) is 41.2 Å². The number of hydrogen-bond donors (Lipinski definition) is 0. The third kappa shape index (κ3) is 5.73. The Bertz CT molecular complexity index is 1620. The van der Waals surface area contributed by atoms with Crippen LogP contribution < -0.4 is 10.3 Å². The van der Waals surface area contributed by atoms with Gasteiger partial charge in [-0.2, -0.15) is 9.78 Å². The second-order valence-electron chi connectivity index (χ2n) is 7.72. The standard InChI is InChI=1S/C24H17Br2N5O6/c1-2-22-28-20-8-5-16(25)11-18(20)24(32)29(22)27-12-15-9-19(26)23(21(10-15)31(35)36)37-13-14-3-6-17(7-4-14)30(33)34/h3-12H,2,13H2,1H3. The van der Waals surface area contributed by atoms with Gasteiger partial charge in [-0.25, -0.2) is 4.98 Å². The fourth-order valence-electron chi connectivity index (χ4n) is 3.49. The van der Waals surface area contributed by atoms with E-state index in [1.54, 1.807) is 24.3 Å². The van der Waals surface area contributed by atoms with Crippen molar-refractivity contribution in [2.75, 3.05) is 0 Å². The van der Waals surface area contributed by atoms with Gasteiger partial charge in [0.05, 0.1) is 31.4 Å². The number of aromatic nitrogens is 2. The molecule has 0 aliphatic rings. The van der Waals surface area contributed by atoms with Crippen molar-refractivity contribution in [1.82, 2.24) is 9.66 Å². The van der Waals surface area contributed by atoms with Gasteiger partial charge < -0.3 is 4.74 Å². The molecule has 0 aliphatic carbocycles. The van der Waals surface area contributed by atoms with E-state index in [-0.39, 0.29) is 29.3 Å². The van der Waals surface area contributed by atoms with E-state index in [9.17, 15) is 25.0 Å². The van der Waals surface area contributed by atoms with Crippen LogP contribution in [0, 0.1) is 20.2 Å². The van der Waals surface area contributed by atoms with E-state index in [1.807, 2.05) is 6.92 Å². The van der Waals surface area contributed by atoms with E-state index < -0.39 is 9.85 Å². The summed E-state index contributed by atoms with van der Waals surface area (Å²) < 4.78 is 7.87. The maximum Gasteiger partial charge on any atom is 0.312 e. The van der Waals surface area contributed by atoms with Crippen molar-refractivity contribution in [3.05, 3.63) is 111 Å². The summed E-state index contributed by atoms with van der Waals surface area (Å²) in [6.45, 7) is 1.80. The Morgan fingerprint density at radius 3 is 2.43 bits per heavy atom. The smallest absolute Gasteiger partial charge is 0.312 e. The fourth-order valence-corrected chi connectivity index (χ4v) is 4.43. The highest BCUT2D eigenvalue weighted by Crippen LogP contribution is 2.36. The minimum atomic E-state index is -0.591. The Hall–Kier alpha value is -3.97. The minimum absolute atomic E-state index is 0.0101. The lowest BCUT2D eigenvalue weighted by Gasteiger charge is -2.10. The number of nitro benzene ring substituents is 2. The first-order valence-electron chi connectivity index (χ1n) is 10.8. The van der Waals surface area contributed by atoms with Crippen molar-refractivity contribution in [2.24, 2.45) is 5.10 Å². The average Bonchev–Trinajstić information content (AvgIpc) is 2.87. The zero-order chi connectivity index (χ0) is 26.7. The third-order valence-electron chi connectivity index (χ3n) is 5.29. The summed E-state index contributed by atoms with van der Waals surface area (Å²) in [6, 6.07) is 13.7. The molecule has 0 bridgehead atoms. The molecule has 0 saturated carbocycles. The Balaban J connectivity index is 1.66. The highest BCUT2D eigenvalue weighted by Gasteiger charge is 2.21. The predicted octanol–water partition coefficient (Wildman–Crippen LogP) is 5.76. The van der Waals surface area contributed by atoms with Gasteiger partial charge in [-0.3, -0.25) is 25.0 Å². The number of fused-ring (bicyclic) bond motifs is 1. The van der Waals surface area contributed by atoms with Crippen LogP contribution in [0.4, 0.5) is 11.4 Å². The maximum atomic E-state index is 13.1. The number of nitro groups is 2. The molecule has 188 valence electrons. The molecular weight excluding hydrogens is 614 g/mol. The molecule has 1 aromatic heterocycles. The summed E-state index contributed by atoms with van der Waals surface area (Å²) in [5.41, 5.74) is 0.741. The molecule has 0 N–H and O–H groups in total. The Morgan fingerprint density at radius 2 is 1.78 bits per heavy atom. The fraction of sp³-hybridized carbons (Fsp3) is 0.125. The second kappa shape index (κ2) is 11.0. The molecule has 0 saturated heterocycles. The van der Waals surface area contributed by atoms with Crippen LogP contribution >= 0.6 is 31.9 Å². The molecule has 0 fully saturated rings. The highest BCUT2D eigenvalue weighted by molar-refractivity contribution is 9.10. The molecule has 0 spiro atoms. The van der Waals surface area contributed by atoms with Crippen LogP contribution in [0.15, 0.2) is 73.4 Å². The van der Waals surface area contributed by atoms with Gasteiger partial charge in [0.2, 0.25) is 5.75 Å². The Kier molecular flexibility index (Phi) is 7.74. The molecule has 4 rings (SSSR count). The SMILES string of the molecule is CCc1nc2ccc(Br)cc2c(=O)n1N=Cc1cc(Br)c(OCc2ccc([N+](=O)[O-])cc2)c([N+](=O)[O-])c1. The van der Waals surface area contributed by atoms with Gasteiger partial charge in [0.25, 0.3) is 11.2 Å². The lowest BCUT2D eigenvalue weighted by atomic mass is 10.2. The van der Waals surface area contributed by atoms with Crippen LogP contribution in [0.5, 0.6) is 5.75 Å². The van der Waals surface area contributed by atoms with E-state index in [0.29, 0.717) is 38.7 Å². The second-order valence-corrected chi connectivity index (χ2v) is 9.49. The van der Waals surface area contributed by atoms with Crippen LogP contribution in [0.25, 0.3) is 10.9 Å². The molecule has 37 heavy (non-hydrogen) atoms. The number of aryl methyl sites for hydroxylation is 1. The number of ether oxygens (including phenoxy) is 1. The van der Waals surface area contributed by atoms with E-state index in [2.05, 4.69) is 41.9 Å². The molecule has 1 heterocycles. The van der Waals surface area contributed by atoms with Gasteiger partial charge in [-0.15, -0.1) is 0 Å². The molecule has 0 radical (unpaired) electrons. The lowest BCUT2D eigenvalue weighted by molar-refractivity contribution is -0.386. The molecule has 0 aliphatic heterocycles. The molecule has 3 aromatic carbocycles. The molecule has 0 atom stereocenters. The predicted molar refractivity (Wildman–Crippen MR) is 144 cm³/mol. The van der Waals surface area contributed by atoms with Gasteiger partial charge in [0.15, 0.2) is 0 Å². The summed E-state index contributed by atoms with van der Waals surface area (Å²) in [4.78, 5) is 39.1. The van der Waals surface area contributed by atoms with Crippen LogP contribution in [-0.2, 0) is 13.0 Å². The van der Waals surface area contributed by atoms with E-state index >= 15 is 0 Å². The van der Waals surface area contributed by atoms with Crippen LogP contribution in [0.2, 0.25) is 0 Å². The molecule has 4 aromatic rings. The maximum absolute atomic E-state index is 13.1. The monoisotopic (exact) mass is 629 g/mol. The van der Waals surface area contributed by atoms with Crippen molar-refractivity contribution in [3.8, 4) is 5.75 Å². The number of non-ortho nitro benzene ring substituents is 1. The number of benzene rings is 3. The average molecular weight is 631 g/mol. The van der Waals surface area contributed by atoms with Crippen LogP contribution in [-0.4, -0.2) is 25.7 Å². The minimum Gasteiger partial charge on any atom is -0.481 e. The van der Waals surface area contributed by atoms with Crippen molar-refractivity contribution < 1.29 is 14.6 Å². The summed E-state index contributed by atoms with van der Waals surface area (Å²) in [6.07, 6.45) is 1.78. The Labute approximate surface area is 226 Å². The van der Waals surface area contributed by atoms with Crippen LogP contribution in [0.1, 0.15) is 23.9 Å². The van der Waals surface area contributed by atoms with Crippen molar-refractivity contribution in [2.45, 2.75) is 20.0 Å². The summed E-state index contributed by atoms with van der Waals surface area (Å²) in [7, 11) is 0. The van der Waals surface area contributed by atoms with Gasteiger partial charge >= 0.3 is 5.69 Å². The Morgan fingerprint density at radius 1 is 1.05 bits per heavy atom. The summed E-state index contributed by atoms with van der Waals surface area (Å²) >= 11 is 6.67. The van der Waals surface area contributed by atoms with Gasteiger partial charge in [0.1, 0.15) is 12.4 Å². The first-order chi connectivity index (χ1) is 17.7. The number of nitrogens with zero attached hydrogens (tertiary/aromatic N) is 5. The highest BCUT2D eigenvalue weighted by atomic mass is 79.9. The molecular formula is C24H17Br2N5O6. The topological polar surface area (TPSA) is 143 Å². The number of halogens is 2. The van der Waals surface area contributed by atoms with E-state index in [0.717, 1.165) is 4.47 Å². The van der Waals surface area contributed by atoms with Crippen molar-refractivity contribution in [1.29, 1.82) is 0 Å². The van der Waals surface area contributed by atoms with Gasteiger partial charge in [-0.1, -0.05) is 22.9 Å². The number of rotatable bonds is 8. The molecule has 0 amide bonds. The summed E-state index contributed by atoms with van der Waals surface area (Å²) in [5, 5.41) is 27.3. The third-order valence-corrected chi connectivity index (χ3v) is 6.37. The zero-order valence-electron chi connectivity index (χ0n) is 19.1. The normalized spacial score (nSPS) is 11.2. The molecule has 0 unspecified atom stereocenters. The van der Waals surface area contributed by atoms with Gasteiger partial charge in [-0.05, 0) is 57.9 Å².